The molecule has 3 rings (SSSR count). The van der Waals surface area contributed by atoms with Gasteiger partial charge in [0.15, 0.2) is 0 Å². The second-order valence-electron chi connectivity index (χ2n) is 4.67. The molecule has 0 bridgehead atoms. The van der Waals surface area contributed by atoms with Gasteiger partial charge in [-0.15, -0.1) is 0 Å². The van der Waals surface area contributed by atoms with Gasteiger partial charge in [0.05, 0.1) is 10.7 Å². The predicted molar refractivity (Wildman–Crippen MR) is 84.4 cm³/mol. The maximum Gasteiger partial charge on any atom is 0.134 e. The highest BCUT2D eigenvalue weighted by Gasteiger charge is 2.26. The summed E-state index contributed by atoms with van der Waals surface area (Å²) in [6.07, 6.45) is 14.1. The molecule has 1 aromatic rings. The van der Waals surface area contributed by atoms with Crippen molar-refractivity contribution in [2.24, 2.45) is 5.10 Å². The van der Waals surface area contributed by atoms with Crippen LogP contribution in [0.2, 0.25) is 5.02 Å². The summed E-state index contributed by atoms with van der Waals surface area (Å²) >= 11 is 6.25. The van der Waals surface area contributed by atoms with E-state index in [0.717, 1.165) is 35.8 Å². The van der Waals surface area contributed by atoms with E-state index in [1.807, 2.05) is 12.3 Å². The molecular formula is C16H16ClN3. The smallest absolute Gasteiger partial charge is 0.134 e. The monoisotopic (exact) mass is 285 g/mol. The summed E-state index contributed by atoms with van der Waals surface area (Å²) in [4.78, 5) is 2.08. The van der Waals surface area contributed by atoms with E-state index in [2.05, 4.69) is 53.9 Å². The third-order valence-corrected chi connectivity index (χ3v) is 3.69. The molecule has 0 unspecified atom stereocenters. The summed E-state index contributed by atoms with van der Waals surface area (Å²) in [6, 6.07) is 1.85. The van der Waals surface area contributed by atoms with Gasteiger partial charge in [0.1, 0.15) is 11.5 Å². The molecular weight excluding hydrogens is 270 g/mol. The lowest BCUT2D eigenvalue weighted by Crippen LogP contribution is -2.32. The van der Waals surface area contributed by atoms with Crippen molar-refractivity contribution in [1.29, 1.82) is 0 Å². The fraction of sp³-hybridized carbons (Fsp3) is 0.188. The zero-order valence-corrected chi connectivity index (χ0v) is 12.1. The summed E-state index contributed by atoms with van der Waals surface area (Å²) < 4.78 is 1.80. The van der Waals surface area contributed by atoms with Crippen molar-refractivity contribution in [3.63, 3.8) is 0 Å². The van der Waals surface area contributed by atoms with Gasteiger partial charge < -0.3 is 0 Å². The highest BCUT2D eigenvalue weighted by Crippen LogP contribution is 2.33. The Morgan fingerprint density at radius 1 is 1.40 bits per heavy atom. The number of amidine groups is 1. The molecule has 1 aliphatic heterocycles. The molecule has 2 heterocycles. The van der Waals surface area contributed by atoms with Crippen molar-refractivity contribution < 1.29 is 0 Å². The van der Waals surface area contributed by atoms with E-state index in [1.54, 1.807) is 4.68 Å². The minimum Gasteiger partial charge on any atom is -0.295 e. The number of hydrogen-bond acceptors (Lipinski definition) is 2. The molecule has 0 N–H and O–H groups in total. The Labute approximate surface area is 123 Å². The fourth-order valence-electron chi connectivity index (χ4n) is 2.43. The van der Waals surface area contributed by atoms with Crippen molar-refractivity contribution in [1.82, 2.24) is 9.58 Å². The first-order valence-corrected chi connectivity index (χ1v) is 7.07. The first kappa shape index (κ1) is 13.0. The Morgan fingerprint density at radius 2 is 2.25 bits per heavy atom. The van der Waals surface area contributed by atoms with Crippen molar-refractivity contribution in [2.45, 2.75) is 19.8 Å². The number of rotatable bonds is 2. The number of allylic oxidation sites excluding steroid dienone is 5. The zero-order valence-electron chi connectivity index (χ0n) is 11.4. The molecule has 0 spiro atoms. The maximum atomic E-state index is 6.25. The highest BCUT2D eigenvalue weighted by atomic mass is 35.5. The van der Waals surface area contributed by atoms with Gasteiger partial charge in [0, 0.05) is 18.3 Å². The summed E-state index contributed by atoms with van der Waals surface area (Å²) in [5.74, 6) is 0.959. The second-order valence-corrected chi connectivity index (χ2v) is 5.07. The predicted octanol–water partition coefficient (Wildman–Crippen LogP) is 4.40. The SMILES string of the molecule is C=C1c2c(Cl)ccn2N=C(CC)N1C1=CC=CCC=C1. The van der Waals surface area contributed by atoms with Crippen LogP contribution >= 0.6 is 11.6 Å². The fourth-order valence-corrected chi connectivity index (χ4v) is 2.69. The highest BCUT2D eigenvalue weighted by molar-refractivity contribution is 6.32. The number of nitrogens with zero attached hydrogens (tertiary/aromatic N) is 3. The quantitative estimate of drug-likeness (QED) is 0.789. The van der Waals surface area contributed by atoms with Crippen molar-refractivity contribution in [3.8, 4) is 0 Å². The molecule has 1 aliphatic carbocycles. The van der Waals surface area contributed by atoms with Crippen LogP contribution in [0.15, 0.2) is 60.0 Å². The van der Waals surface area contributed by atoms with Crippen molar-refractivity contribution >= 4 is 23.1 Å². The molecule has 0 saturated heterocycles. The molecule has 4 heteroatoms. The standard InChI is InChI=1S/C16H16ClN3/c1-3-15-18-19-11-10-14(17)16(19)12(2)20(15)13-8-6-4-5-7-9-13/h4,6-11H,2-3,5H2,1H3. The van der Waals surface area contributed by atoms with E-state index < -0.39 is 0 Å². The molecule has 3 nitrogen and oxygen atoms in total. The van der Waals surface area contributed by atoms with Crippen LogP contribution in [0.25, 0.3) is 5.70 Å². The minimum atomic E-state index is 0.674. The normalized spacial score (nSPS) is 17.7. The number of fused-ring (bicyclic) bond motifs is 1. The molecule has 20 heavy (non-hydrogen) atoms. The van der Waals surface area contributed by atoms with Crippen LogP contribution in [0, 0.1) is 0 Å². The second kappa shape index (κ2) is 5.17. The van der Waals surface area contributed by atoms with Gasteiger partial charge in [0.2, 0.25) is 0 Å². The largest absolute Gasteiger partial charge is 0.295 e. The molecule has 0 amide bonds. The van der Waals surface area contributed by atoms with Gasteiger partial charge in [-0.25, -0.2) is 4.68 Å². The molecule has 0 fully saturated rings. The van der Waals surface area contributed by atoms with Crippen LogP contribution in [-0.4, -0.2) is 15.4 Å². The summed E-state index contributed by atoms with van der Waals surface area (Å²) in [5.41, 5.74) is 2.78. The van der Waals surface area contributed by atoms with Crippen LogP contribution in [0.4, 0.5) is 0 Å². The Balaban J connectivity index is 2.11. The van der Waals surface area contributed by atoms with E-state index in [9.17, 15) is 0 Å². The number of aromatic nitrogens is 1. The molecule has 1 aromatic heterocycles. The summed E-state index contributed by atoms with van der Waals surface area (Å²) in [7, 11) is 0. The van der Waals surface area contributed by atoms with Gasteiger partial charge in [-0.1, -0.05) is 43.3 Å². The number of hydrogen-bond donors (Lipinski definition) is 0. The average Bonchev–Trinajstić information content (AvgIpc) is 2.66. The van der Waals surface area contributed by atoms with Crippen LogP contribution < -0.4 is 0 Å². The third-order valence-electron chi connectivity index (χ3n) is 3.38. The lowest BCUT2D eigenvalue weighted by molar-refractivity contribution is 0.654. The topological polar surface area (TPSA) is 20.5 Å². The molecule has 102 valence electrons. The van der Waals surface area contributed by atoms with Gasteiger partial charge in [-0.05, 0) is 24.6 Å². The molecule has 0 aromatic carbocycles. The van der Waals surface area contributed by atoms with Gasteiger partial charge in [-0.3, -0.25) is 4.90 Å². The van der Waals surface area contributed by atoms with Crippen molar-refractivity contribution in [2.75, 3.05) is 0 Å². The van der Waals surface area contributed by atoms with Crippen LogP contribution in [0.3, 0.4) is 0 Å². The first-order chi connectivity index (χ1) is 9.72. The van der Waals surface area contributed by atoms with Crippen LogP contribution in [-0.2, 0) is 0 Å². The lowest BCUT2D eigenvalue weighted by Gasteiger charge is -2.32. The van der Waals surface area contributed by atoms with Crippen LogP contribution in [0.5, 0.6) is 0 Å². The molecule has 0 saturated carbocycles. The van der Waals surface area contributed by atoms with Gasteiger partial charge >= 0.3 is 0 Å². The Bertz CT molecular complexity index is 674. The Kier molecular flexibility index (Phi) is 3.36. The van der Waals surface area contributed by atoms with Crippen LogP contribution in [0.1, 0.15) is 25.5 Å². The van der Waals surface area contributed by atoms with E-state index in [0.29, 0.717) is 5.02 Å². The first-order valence-electron chi connectivity index (χ1n) is 6.70. The lowest BCUT2D eigenvalue weighted by atomic mass is 10.2. The zero-order chi connectivity index (χ0) is 14.1. The Hall–Kier alpha value is -2.00. The molecule has 2 aliphatic rings. The van der Waals surface area contributed by atoms with Crippen molar-refractivity contribution in [3.05, 3.63) is 65.6 Å². The van der Waals surface area contributed by atoms with Gasteiger partial charge in [0.25, 0.3) is 0 Å². The van der Waals surface area contributed by atoms with E-state index >= 15 is 0 Å². The summed E-state index contributed by atoms with van der Waals surface area (Å²) in [6.45, 7) is 6.30. The number of halogens is 1. The summed E-state index contributed by atoms with van der Waals surface area (Å²) in [5, 5.41) is 5.31. The maximum absolute atomic E-state index is 6.25. The van der Waals surface area contributed by atoms with E-state index in [-0.39, 0.29) is 0 Å². The Morgan fingerprint density at radius 3 is 3.05 bits per heavy atom. The average molecular weight is 286 g/mol. The van der Waals surface area contributed by atoms with Gasteiger partial charge in [-0.2, -0.15) is 5.10 Å². The van der Waals surface area contributed by atoms with E-state index in [4.69, 9.17) is 11.6 Å². The third kappa shape index (κ3) is 2.04. The minimum absolute atomic E-state index is 0.674. The van der Waals surface area contributed by atoms with E-state index in [1.165, 1.54) is 0 Å². The molecule has 0 atom stereocenters. The molecule has 0 radical (unpaired) electrons.